The summed E-state index contributed by atoms with van der Waals surface area (Å²) in [6, 6.07) is 8.65. The van der Waals surface area contributed by atoms with Gasteiger partial charge in [-0.2, -0.15) is 0 Å². The van der Waals surface area contributed by atoms with Crippen molar-refractivity contribution in [2.75, 3.05) is 19.8 Å². The van der Waals surface area contributed by atoms with Crippen LogP contribution in [0.2, 0.25) is 0 Å². The van der Waals surface area contributed by atoms with Crippen LogP contribution in [0.1, 0.15) is 18.9 Å². The van der Waals surface area contributed by atoms with Crippen molar-refractivity contribution >= 4 is 15.9 Å². The summed E-state index contributed by atoms with van der Waals surface area (Å²) >= 11 is 3.58. The third-order valence-corrected chi connectivity index (χ3v) is 4.30. The van der Waals surface area contributed by atoms with Gasteiger partial charge in [0.2, 0.25) is 0 Å². The Bertz CT molecular complexity index is 386. The van der Waals surface area contributed by atoms with E-state index < -0.39 is 0 Å². The molecule has 0 unspecified atom stereocenters. The predicted octanol–water partition coefficient (Wildman–Crippen LogP) is 2.42. The van der Waals surface area contributed by atoms with Gasteiger partial charge in [-0.1, -0.05) is 34.1 Å². The molecule has 1 aliphatic heterocycles. The van der Waals surface area contributed by atoms with E-state index in [4.69, 9.17) is 4.74 Å². The van der Waals surface area contributed by atoms with Crippen molar-refractivity contribution in [1.29, 1.82) is 0 Å². The molecule has 0 saturated carbocycles. The molecule has 0 amide bonds. The number of aliphatic hydroxyl groups excluding tert-OH is 1. The maximum absolute atomic E-state index is 9.24. The first kappa shape index (κ1) is 14.0. The van der Waals surface area contributed by atoms with Crippen LogP contribution < -0.4 is 0 Å². The maximum atomic E-state index is 9.24. The molecule has 18 heavy (non-hydrogen) atoms. The summed E-state index contributed by atoms with van der Waals surface area (Å²) in [4.78, 5) is 2.32. The van der Waals surface area contributed by atoms with Gasteiger partial charge in [0, 0.05) is 30.2 Å². The van der Waals surface area contributed by atoms with E-state index in [1.165, 1.54) is 5.56 Å². The molecular formula is C14H20BrNO2. The van der Waals surface area contributed by atoms with E-state index in [-0.39, 0.29) is 12.7 Å². The molecule has 100 valence electrons. The Kier molecular flexibility index (Phi) is 5.18. The zero-order valence-electron chi connectivity index (χ0n) is 10.7. The average Bonchev–Trinajstić information content (AvgIpc) is 2.78. The summed E-state index contributed by atoms with van der Waals surface area (Å²) in [5.41, 5.74) is 1.25. The molecule has 1 aromatic rings. The topological polar surface area (TPSA) is 32.7 Å². The Morgan fingerprint density at radius 1 is 1.44 bits per heavy atom. The standard InChI is InChI=1S/C14H20BrNO2/c1-11-14(6-9-18-11)16(7-8-17)10-12-4-2-3-5-13(12)15/h2-5,11,14,17H,6-10H2,1H3/t11-,14-/m1/s1. The van der Waals surface area contributed by atoms with E-state index in [9.17, 15) is 5.11 Å². The minimum absolute atomic E-state index is 0.188. The van der Waals surface area contributed by atoms with E-state index in [0.29, 0.717) is 12.6 Å². The lowest BCUT2D eigenvalue weighted by molar-refractivity contribution is 0.0621. The van der Waals surface area contributed by atoms with Gasteiger partial charge < -0.3 is 9.84 Å². The number of rotatable bonds is 5. The van der Waals surface area contributed by atoms with Crippen molar-refractivity contribution in [2.45, 2.75) is 32.0 Å². The van der Waals surface area contributed by atoms with Crippen LogP contribution >= 0.6 is 15.9 Å². The summed E-state index contributed by atoms with van der Waals surface area (Å²) in [5.74, 6) is 0. The largest absolute Gasteiger partial charge is 0.395 e. The van der Waals surface area contributed by atoms with Crippen molar-refractivity contribution in [1.82, 2.24) is 4.90 Å². The van der Waals surface area contributed by atoms with E-state index in [2.05, 4.69) is 39.9 Å². The van der Waals surface area contributed by atoms with Gasteiger partial charge in [0.15, 0.2) is 0 Å². The number of aliphatic hydroxyl groups is 1. The van der Waals surface area contributed by atoms with Gasteiger partial charge in [-0.15, -0.1) is 0 Å². The Labute approximate surface area is 117 Å². The Morgan fingerprint density at radius 2 is 2.22 bits per heavy atom. The predicted molar refractivity (Wildman–Crippen MR) is 75.5 cm³/mol. The normalized spacial score (nSPS) is 23.8. The molecule has 2 atom stereocenters. The third kappa shape index (κ3) is 3.32. The van der Waals surface area contributed by atoms with Crippen LogP contribution in [0.5, 0.6) is 0 Å². The Morgan fingerprint density at radius 3 is 2.83 bits per heavy atom. The lowest BCUT2D eigenvalue weighted by Gasteiger charge is -2.30. The molecule has 1 N–H and O–H groups in total. The molecule has 0 aliphatic carbocycles. The van der Waals surface area contributed by atoms with Crippen molar-refractivity contribution in [2.24, 2.45) is 0 Å². The van der Waals surface area contributed by atoms with E-state index in [1.54, 1.807) is 0 Å². The molecule has 0 radical (unpaired) electrons. The van der Waals surface area contributed by atoms with Gasteiger partial charge in [0.25, 0.3) is 0 Å². The molecule has 1 aromatic carbocycles. The molecule has 0 spiro atoms. The molecule has 0 bridgehead atoms. The molecule has 1 heterocycles. The molecule has 1 saturated heterocycles. The van der Waals surface area contributed by atoms with E-state index >= 15 is 0 Å². The van der Waals surface area contributed by atoms with Crippen molar-refractivity contribution in [3.63, 3.8) is 0 Å². The minimum atomic E-state index is 0.188. The van der Waals surface area contributed by atoms with Crippen LogP contribution in [0, 0.1) is 0 Å². The van der Waals surface area contributed by atoms with Crippen LogP contribution in [0.25, 0.3) is 0 Å². The second-order valence-electron chi connectivity index (χ2n) is 4.72. The van der Waals surface area contributed by atoms with Gasteiger partial charge in [-0.05, 0) is 25.0 Å². The molecule has 4 heteroatoms. The summed E-state index contributed by atoms with van der Waals surface area (Å²) in [5, 5.41) is 9.24. The number of ether oxygens (including phenoxy) is 1. The lowest BCUT2D eigenvalue weighted by atomic mass is 10.1. The zero-order valence-corrected chi connectivity index (χ0v) is 12.3. The summed E-state index contributed by atoms with van der Waals surface area (Å²) in [6.45, 7) is 4.67. The van der Waals surface area contributed by atoms with Crippen LogP contribution in [-0.2, 0) is 11.3 Å². The van der Waals surface area contributed by atoms with Crippen molar-refractivity contribution < 1.29 is 9.84 Å². The molecule has 1 aliphatic rings. The smallest absolute Gasteiger partial charge is 0.0703 e. The lowest BCUT2D eigenvalue weighted by Crippen LogP contribution is -2.41. The fourth-order valence-corrected chi connectivity index (χ4v) is 2.95. The minimum Gasteiger partial charge on any atom is -0.395 e. The molecule has 0 aromatic heterocycles. The van der Waals surface area contributed by atoms with Gasteiger partial charge in [0.1, 0.15) is 0 Å². The van der Waals surface area contributed by atoms with Crippen molar-refractivity contribution in [3.05, 3.63) is 34.3 Å². The SMILES string of the molecule is C[C@H]1OCC[C@H]1N(CCO)Cc1ccccc1Br. The van der Waals surface area contributed by atoms with Gasteiger partial charge in [-0.3, -0.25) is 4.90 Å². The average molecular weight is 314 g/mol. The van der Waals surface area contributed by atoms with Crippen LogP contribution in [0.3, 0.4) is 0 Å². The van der Waals surface area contributed by atoms with Crippen LogP contribution in [0.15, 0.2) is 28.7 Å². The fraction of sp³-hybridized carbons (Fsp3) is 0.571. The maximum Gasteiger partial charge on any atom is 0.0703 e. The van der Waals surface area contributed by atoms with Crippen LogP contribution in [0.4, 0.5) is 0 Å². The molecule has 1 fully saturated rings. The monoisotopic (exact) mass is 313 g/mol. The fourth-order valence-electron chi connectivity index (χ4n) is 2.54. The second kappa shape index (κ2) is 6.66. The number of nitrogens with zero attached hydrogens (tertiary/aromatic N) is 1. The highest BCUT2D eigenvalue weighted by Gasteiger charge is 2.29. The van der Waals surface area contributed by atoms with Crippen LogP contribution in [-0.4, -0.2) is 41.9 Å². The van der Waals surface area contributed by atoms with Gasteiger partial charge >= 0.3 is 0 Å². The Balaban J connectivity index is 2.08. The van der Waals surface area contributed by atoms with E-state index in [0.717, 1.165) is 24.0 Å². The van der Waals surface area contributed by atoms with Gasteiger partial charge in [0.05, 0.1) is 12.7 Å². The summed E-state index contributed by atoms with van der Waals surface area (Å²) < 4.78 is 6.75. The number of hydrogen-bond acceptors (Lipinski definition) is 3. The molecular weight excluding hydrogens is 294 g/mol. The molecule has 3 nitrogen and oxygen atoms in total. The van der Waals surface area contributed by atoms with Crippen molar-refractivity contribution in [3.8, 4) is 0 Å². The second-order valence-corrected chi connectivity index (χ2v) is 5.57. The summed E-state index contributed by atoms with van der Waals surface area (Å²) in [6.07, 6.45) is 1.30. The first-order chi connectivity index (χ1) is 8.72. The van der Waals surface area contributed by atoms with E-state index in [1.807, 2.05) is 12.1 Å². The Hall–Kier alpha value is -0.420. The number of halogens is 1. The summed E-state index contributed by atoms with van der Waals surface area (Å²) in [7, 11) is 0. The quantitative estimate of drug-likeness (QED) is 0.906. The third-order valence-electron chi connectivity index (χ3n) is 3.52. The van der Waals surface area contributed by atoms with Gasteiger partial charge in [-0.25, -0.2) is 0 Å². The number of benzene rings is 1. The first-order valence-electron chi connectivity index (χ1n) is 6.42. The first-order valence-corrected chi connectivity index (χ1v) is 7.21. The highest BCUT2D eigenvalue weighted by molar-refractivity contribution is 9.10. The zero-order chi connectivity index (χ0) is 13.0. The molecule has 2 rings (SSSR count). The highest BCUT2D eigenvalue weighted by atomic mass is 79.9. The highest BCUT2D eigenvalue weighted by Crippen LogP contribution is 2.24. The number of hydrogen-bond donors (Lipinski definition) is 1.